The number of aromatic nitrogens is 2. The number of hydrogen-bond acceptors (Lipinski definition) is 4. The van der Waals surface area contributed by atoms with E-state index in [2.05, 4.69) is 31.4 Å². The van der Waals surface area contributed by atoms with Crippen LogP contribution >= 0.6 is 15.9 Å². The van der Waals surface area contributed by atoms with Crippen LogP contribution in [0.25, 0.3) is 11.3 Å². The van der Waals surface area contributed by atoms with Gasteiger partial charge < -0.3 is 11.1 Å². The van der Waals surface area contributed by atoms with Gasteiger partial charge in [-0.15, -0.1) is 10.2 Å². The van der Waals surface area contributed by atoms with E-state index in [0.29, 0.717) is 6.54 Å². The number of halogens is 1. The van der Waals surface area contributed by atoms with E-state index < -0.39 is 0 Å². The van der Waals surface area contributed by atoms with Crippen molar-refractivity contribution in [3.63, 3.8) is 0 Å². The van der Waals surface area contributed by atoms with Crippen LogP contribution in [0.4, 0.5) is 5.82 Å². The monoisotopic (exact) mass is 306 g/mol. The van der Waals surface area contributed by atoms with E-state index in [0.717, 1.165) is 21.5 Å². The van der Waals surface area contributed by atoms with Crippen LogP contribution in [0.5, 0.6) is 0 Å². The molecule has 0 aliphatic rings. The van der Waals surface area contributed by atoms with Gasteiger partial charge in [-0.2, -0.15) is 0 Å². The average molecular weight is 307 g/mol. The van der Waals surface area contributed by atoms with Gasteiger partial charge in [0.05, 0.1) is 5.69 Å². The highest BCUT2D eigenvalue weighted by molar-refractivity contribution is 9.10. The molecule has 0 spiro atoms. The summed E-state index contributed by atoms with van der Waals surface area (Å²) in [7, 11) is 0. The highest BCUT2D eigenvalue weighted by Crippen LogP contribution is 2.21. The number of anilines is 1. The molecule has 0 amide bonds. The Bertz CT molecular complexity index is 511. The van der Waals surface area contributed by atoms with Crippen molar-refractivity contribution in [3.05, 3.63) is 40.9 Å². The fourth-order valence-corrected chi connectivity index (χ4v) is 1.89. The second-order valence-corrected chi connectivity index (χ2v) is 5.09. The second kappa shape index (κ2) is 5.93. The van der Waals surface area contributed by atoms with E-state index in [1.807, 2.05) is 43.3 Å². The number of nitrogens with zero attached hydrogens (tertiary/aromatic N) is 2. The number of rotatable bonds is 4. The molecule has 0 fully saturated rings. The first-order chi connectivity index (χ1) is 8.65. The number of benzene rings is 1. The maximum atomic E-state index is 5.66. The Morgan fingerprint density at radius 2 is 2.11 bits per heavy atom. The molecule has 0 saturated carbocycles. The van der Waals surface area contributed by atoms with E-state index in [1.165, 1.54) is 0 Å². The van der Waals surface area contributed by atoms with Crippen molar-refractivity contribution in [2.45, 2.75) is 13.0 Å². The highest BCUT2D eigenvalue weighted by atomic mass is 79.9. The molecule has 2 aromatic rings. The quantitative estimate of drug-likeness (QED) is 0.911. The summed E-state index contributed by atoms with van der Waals surface area (Å²) < 4.78 is 1.03. The first-order valence-electron chi connectivity index (χ1n) is 5.74. The van der Waals surface area contributed by atoms with E-state index in [-0.39, 0.29) is 6.04 Å². The minimum atomic E-state index is 0.0940. The van der Waals surface area contributed by atoms with E-state index >= 15 is 0 Å². The maximum Gasteiger partial charge on any atom is 0.148 e. The molecule has 18 heavy (non-hydrogen) atoms. The van der Waals surface area contributed by atoms with Gasteiger partial charge >= 0.3 is 0 Å². The van der Waals surface area contributed by atoms with Gasteiger partial charge in [-0.25, -0.2) is 0 Å². The third-order valence-electron chi connectivity index (χ3n) is 2.39. The molecule has 5 heteroatoms. The Labute approximate surface area is 115 Å². The lowest BCUT2D eigenvalue weighted by molar-refractivity contribution is 0.775. The van der Waals surface area contributed by atoms with Crippen LogP contribution in [0.3, 0.4) is 0 Å². The highest BCUT2D eigenvalue weighted by Gasteiger charge is 2.02. The van der Waals surface area contributed by atoms with Crippen molar-refractivity contribution in [1.82, 2.24) is 10.2 Å². The SMILES string of the molecule is CC(N)CNc1ccc(-c2cccc(Br)c2)nn1. The standard InChI is InChI=1S/C13H15BrN4/c1-9(15)8-16-13-6-5-12(17-18-13)10-3-2-4-11(14)7-10/h2-7,9H,8,15H2,1H3,(H,16,18). The smallest absolute Gasteiger partial charge is 0.148 e. The van der Waals surface area contributed by atoms with Gasteiger partial charge in [0.2, 0.25) is 0 Å². The molecule has 0 saturated heterocycles. The predicted molar refractivity (Wildman–Crippen MR) is 77.3 cm³/mol. The third-order valence-corrected chi connectivity index (χ3v) is 2.88. The van der Waals surface area contributed by atoms with Crippen LogP contribution in [-0.4, -0.2) is 22.8 Å². The molecule has 1 aromatic carbocycles. The van der Waals surface area contributed by atoms with E-state index in [4.69, 9.17) is 5.73 Å². The summed E-state index contributed by atoms with van der Waals surface area (Å²) in [6, 6.07) is 11.9. The summed E-state index contributed by atoms with van der Waals surface area (Å²) in [6.07, 6.45) is 0. The van der Waals surface area contributed by atoms with Gasteiger partial charge in [0.1, 0.15) is 5.82 Å². The zero-order valence-corrected chi connectivity index (χ0v) is 11.7. The van der Waals surface area contributed by atoms with Crippen LogP contribution in [0.1, 0.15) is 6.92 Å². The van der Waals surface area contributed by atoms with E-state index in [1.54, 1.807) is 0 Å². The fourth-order valence-electron chi connectivity index (χ4n) is 1.49. The molecule has 3 N–H and O–H groups in total. The van der Waals surface area contributed by atoms with Gasteiger partial charge in [0, 0.05) is 22.6 Å². The van der Waals surface area contributed by atoms with Crippen molar-refractivity contribution in [2.24, 2.45) is 5.73 Å². The fraction of sp³-hybridized carbons (Fsp3) is 0.231. The molecule has 1 heterocycles. The summed E-state index contributed by atoms with van der Waals surface area (Å²) in [5, 5.41) is 11.4. The first kappa shape index (κ1) is 13.0. The number of nitrogens with one attached hydrogen (secondary N) is 1. The molecule has 0 radical (unpaired) electrons. The summed E-state index contributed by atoms with van der Waals surface area (Å²) in [4.78, 5) is 0. The number of nitrogens with two attached hydrogens (primary N) is 1. The van der Waals surface area contributed by atoms with Gasteiger partial charge in [-0.1, -0.05) is 28.1 Å². The number of hydrogen-bond donors (Lipinski definition) is 2. The normalized spacial score (nSPS) is 12.2. The molecule has 1 unspecified atom stereocenters. The second-order valence-electron chi connectivity index (χ2n) is 4.17. The predicted octanol–water partition coefficient (Wildman–Crippen LogP) is 2.67. The van der Waals surface area contributed by atoms with Crippen molar-refractivity contribution in [3.8, 4) is 11.3 Å². The molecule has 2 rings (SSSR count). The molecule has 1 atom stereocenters. The van der Waals surface area contributed by atoms with Crippen molar-refractivity contribution >= 4 is 21.7 Å². The van der Waals surface area contributed by atoms with Gasteiger partial charge in [-0.05, 0) is 31.2 Å². The summed E-state index contributed by atoms with van der Waals surface area (Å²) in [5.41, 5.74) is 7.55. The Morgan fingerprint density at radius 3 is 2.72 bits per heavy atom. The Kier molecular flexibility index (Phi) is 4.28. The van der Waals surface area contributed by atoms with Crippen LogP contribution in [-0.2, 0) is 0 Å². The molecular weight excluding hydrogens is 292 g/mol. The molecule has 1 aromatic heterocycles. The minimum absolute atomic E-state index is 0.0940. The van der Waals surface area contributed by atoms with Crippen molar-refractivity contribution < 1.29 is 0 Å². The molecule has 0 aliphatic carbocycles. The zero-order chi connectivity index (χ0) is 13.0. The van der Waals surface area contributed by atoms with Gasteiger partial charge in [0.25, 0.3) is 0 Å². The Balaban J connectivity index is 2.12. The van der Waals surface area contributed by atoms with Crippen LogP contribution < -0.4 is 11.1 Å². The van der Waals surface area contributed by atoms with Crippen LogP contribution in [0.2, 0.25) is 0 Å². The summed E-state index contributed by atoms with van der Waals surface area (Å²) in [5.74, 6) is 0.742. The van der Waals surface area contributed by atoms with Crippen molar-refractivity contribution in [1.29, 1.82) is 0 Å². The third kappa shape index (κ3) is 3.51. The molecule has 0 aliphatic heterocycles. The van der Waals surface area contributed by atoms with Crippen LogP contribution in [0.15, 0.2) is 40.9 Å². The summed E-state index contributed by atoms with van der Waals surface area (Å²) >= 11 is 3.44. The first-order valence-corrected chi connectivity index (χ1v) is 6.53. The largest absolute Gasteiger partial charge is 0.367 e. The van der Waals surface area contributed by atoms with Crippen LogP contribution in [0, 0.1) is 0 Å². The zero-order valence-electron chi connectivity index (χ0n) is 10.1. The molecule has 0 bridgehead atoms. The maximum absolute atomic E-state index is 5.66. The van der Waals surface area contributed by atoms with Gasteiger partial charge in [-0.3, -0.25) is 0 Å². The topological polar surface area (TPSA) is 63.8 Å². The molecule has 4 nitrogen and oxygen atoms in total. The van der Waals surface area contributed by atoms with E-state index in [9.17, 15) is 0 Å². The van der Waals surface area contributed by atoms with Gasteiger partial charge in [0.15, 0.2) is 0 Å². The summed E-state index contributed by atoms with van der Waals surface area (Å²) in [6.45, 7) is 2.63. The van der Waals surface area contributed by atoms with Crippen molar-refractivity contribution in [2.75, 3.05) is 11.9 Å². The lowest BCUT2D eigenvalue weighted by Gasteiger charge is -2.08. The Morgan fingerprint density at radius 1 is 1.28 bits per heavy atom. The average Bonchev–Trinajstić information content (AvgIpc) is 2.37. The minimum Gasteiger partial charge on any atom is -0.367 e. The lowest BCUT2D eigenvalue weighted by atomic mass is 10.1. The molecular formula is C13H15BrN4. The lowest BCUT2D eigenvalue weighted by Crippen LogP contribution is -2.25. The Hall–Kier alpha value is -1.46. The molecule has 94 valence electrons.